The summed E-state index contributed by atoms with van der Waals surface area (Å²) in [6, 6.07) is 15.2. The number of piperazine rings is 1. The van der Waals surface area contributed by atoms with Gasteiger partial charge in [0.25, 0.3) is 5.91 Å². The van der Waals surface area contributed by atoms with Gasteiger partial charge in [0.2, 0.25) is 0 Å². The molecule has 2 aromatic carbocycles. The molecule has 0 radical (unpaired) electrons. The molecule has 0 aromatic heterocycles. The van der Waals surface area contributed by atoms with Crippen molar-refractivity contribution in [2.24, 2.45) is 0 Å². The van der Waals surface area contributed by atoms with E-state index < -0.39 is 0 Å². The Morgan fingerprint density at radius 2 is 1.67 bits per heavy atom. The molecule has 0 bridgehead atoms. The Hall–Kier alpha value is -2.53. The van der Waals surface area contributed by atoms with Crippen LogP contribution in [0.3, 0.4) is 0 Å². The average molecular weight is 325 g/mol. The summed E-state index contributed by atoms with van der Waals surface area (Å²) in [7, 11) is 3.71. The number of nitrogens with one attached hydrogen (secondary N) is 1. The molecular weight excluding hydrogens is 302 g/mol. The third-order valence-electron chi connectivity index (χ3n) is 4.35. The van der Waals surface area contributed by atoms with Gasteiger partial charge in [-0.3, -0.25) is 4.79 Å². The number of benzene rings is 2. The lowest BCUT2D eigenvalue weighted by Crippen LogP contribution is -2.44. The second-order valence-corrected chi connectivity index (χ2v) is 5.99. The minimum atomic E-state index is -0.167. The summed E-state index contributed by atoms with van der Waals surface area (Å²) in [5.41, 5.74) is 2.50. The van der Waals surface area contributed by atoms with Gasteiger partial charge in [-0.1, -0.05) is 12.1 Å². The third-order valence-corrected chi connectivity index (χ3v) is 4.35. The zero-order chi connectivity index (χ0) is 16.9. The van der Waals surface area contributed by atoms with E-state index in [0.29, 0.717) is 11.3 Å². The van der Waals surface area contributed by atoms with Crippen LogP contribution in [0.2, 0.25) is 0 Å². The standard InChI is InChI=1S/C19H23N3O2/c1-21-11-13-22(14-12-21)16-9-7-15(8-10-16)20-19(23)17-5-3-4-6-18(17)24-2/h3-10H,11-14H2,1-2H3,(H,20,23). The molecule has 0 aliphatic carbocycles. The van der Waals surface area contributed by atoms with Crippen molar-refractivity contribution in [3.05, 3.63) is 54.1 Å². The van der Waals surface area contributed by atoms with Crippen molar-refractivity contribution in [2.45, 2.75) is 0 Å². The van der Waals surface area contributed by atoms with Crippen LogP contribution in [0.5, 0.6) is 5.75 Å². The van der Waals surface area contributed by atoms with Crippen LogP contribution in [-0.2, 0) is 0 Å². The highest BCUT2D eigenvalue weighted by Crippen LogP contribution is 2.22. The van der Waals surface area contributed by atoms with E-state index in [-0.39, 0.29) is 5.91 Å². The number of ether oxygens (including phenoxy) is 1. The minimum Gasteiger partial charge on any atom is -0.496 e. The van der Waals surface area contributed by atoms with Gasteiger partial charge in [-0.2, -0.15) is 0 Å². The van der Waals surface area contributed by atoms with Crippen LogP contribution in [-0.4, -0.2) is 51.1 Å². The van der Waals surface area contributed by atoms with Gasteiger partial charge in [0.15, 0.2) is 0 Å². The van der Waals surface area contributed by atoms with Crippen LogP contribution in [0.15, 0.2) is 48.5 Å². The van der Waals surface area contributed by atoms with Crippen molar-refractivity contribution < 1.29 is 9.53 Å². The molecule has 24 heavy (non-hydrogen) atoms. The molecule has 1 fully saturated rings. The molecule has 1 aliphatic heterocycles. The lowest BCUT2D eigenvalue weighted by atomic mass is 10.1. The fourth-order valence-corrected chi connectivity index (χ4v) is 2.85. The van der Waals surface area contributed by atoms with Crippen molar-refractivity contribution in [1.29, 1.82) is 0 Å². The number of hydrogen-bond acceptors (Lipinski definition) is 4. The fraction of sp³-hybridized carbons (Fsp3) is 0.316. The van der Waals surface area contributed by atoms with E-state index in [1.165, 1.54) is 5.69 Å². The number of para-hydroxylation sites is 1. The highest BCUT2D eigenvalue weighted by molar-refractivity contribution is 6.06. The highest BCUT2D eigenvalue weighted by atomic mass is 16.5. The number of methoxy groups -OCH3 is 1. The fourth-order valence-electron chi connectivity index (χ4n) is 2.85. The van der Waals surface area contributed by atoms with Gasteiger partial charge in [0.05, 0.1) is 12.7 Å². The number of anilines is 2. The molecule has 1 saturated heterocycles. The molecule has 0 saturated carbocycles. The molecule has 1 amide bonds. The van der Waals surface area contributed by atoms with Crippen LogP contribution in [0, 0.1) is 0 Å². The van der Waals surface area contributed by atoms with Gasteiger partial charge in [-0.05, 0) is 43.4 Å². The molecule has 1 heterocycles. The predicted molar refractivity (Wildman–Crippen MR) is 97.1 cm³/mol. The first-order valence-electron chi connectivity index (χ1n) is 8.15. The van der Waals surface area contributed by atoms with Crippen LogP contribution in [0.1, 0.15) is 10.4 Å². The quantitative estimate of drug-likeness (QED) is 0.939. The summed E-state index contributed by atoms with van der Waals surface area (Å²) in [6.07, 6.45) is 0. The summed E-state index contributed by atoms with van der Waals surface area (Å²) in [4.78, 5) is 17.1. The van der Waals surface area contributed by atoms with Gasteiger partial charge < -0.3 is 19.9 Å². The first kappa shape index (κ1) is 16.3. The second kappa shape index (κ2) is 7.36. The van der Waals surface area contributed by atoms with E-state index in [0.717, 1.165) is 31.9 Å². The predicted octanol–water partition coefficient (Wildman–Crippen LogP) is 2.70. The molecule has 0 atom stereocenters. The van der Waals surface area contributed by atoms with E-state index in [9.17, 15) is 4.79 Å². The maximum atomic E-state index is 12.4. The Labute approximate surface area is 142 Å². The monoisotopic (exact) mass is 325 g/mol. The van der Waals surface area contributed by atoms with Gasteiger partial charge in [0, 0.05) is 37.6 Å². The first-order chi connectivity index (χ1) is 11.7. The van der Waals surface area contributed by atoms with E-state index in [1.54, 1.807) is 19.2 Å². The van der Waals surface area contributed by atoms with Crippen LogP contribution in [0.25, 0.3) is 0 Å². The van der Waals surface area contributed by atoms with Crippen molar-refractivity contribution in [1.82, 2.24) is 4.90 Å². The van der Waals surface area contributed by atoms with E-state index in [4.69, 9.17) is 4.74 Å². The van der Waals surface area contributed by atoms with Crippen molar-refractivity contribution in [3.8, 4) is 5.75 Å². The van der Waals surface area contributed by atoms with E-state index in [2.05, 4.69) is 34.3 Å². The van der Waals surface area contributed by atoms with Crippen LogP contribution < -0.4 is 15.0 Å². The third kappa shape index (κ3) is 3.68. The average Bonchev–Trinajstić information content (AvgIpc) is 2.63. The zero-order valence-corrected chi connectivity index (χ0v) is 14.2. The number of hydrogen-bond donors (Lipinski definition) is 1. The molecule has 1 aliphatic rings. The van der Waals surface area contributed by atoms with Crippen molar-refractivity contribution in [3.63, 3.8) is 0 Å². The summed E-state index contributed by atoms with van der Waals surface area (Å²) >= 11 is 0. The summed E-state index contributed by atoms with van der Waals surface area (Å²) < 4.78 is 5.24. The molecule has 2 aromatic rings. The summed E-state index contributed by atoms with van der Waals surface area (Å²) in [5.74, 6) is 0.406. The van der Waals surface area contributed by atoms with Gasteiger partial charge in [-0.25, -0.2) is 0 Å². The molecule has 3 rings (SSSR count). The first-order valence-corrected chi connectivity index (χ1v) is 8.15. The molecule has 5 heteroatoms. The number of nitrogens with zero attached hydrogens (tertiary/aromatic N) is 2. The largest absolute Gasteiger partial charge is 0.496 e. The maximum absolute atomic E-state index is 12.4. The topological polar surface area (TPSA) is 44.8 Å². The Morgan fingerprint density at radius 1 is 1.00 bits per heavy atom. The molecule has 0 unspecified atom stereocenters. The van der Waals surface area contributed by atoms with Crippen LogP contribution in [0.4, 0.5) is 11.4 Å². The van der Waals surface area contributed by atoms with Crippen molar-refractivity contribution >= 4 is 17.3 Å². The smallest absolute Gasteiger partial charge is 0.259 e. The van der Waals surface area contributed by atoms with Gasteiger partial charge in [-0.15, -0.1) is 0 Å². The number of carbonyl (C=O) groups excluding carboxylic acids is 1. The van der Waals surface area contributed by atoms with E-state index >= 15 is 0 Å². The van der Waals surface area contributed by atoms with Crippen LogP contribution >= 0.6 is 0 Å². The number of amides is 1. The zero-order valence-electron chi connectivity index (χ0n) is 14.2. The summed E-state index contributed by atoms with van der Waals surface area (Å²) in [6.45, 7) is 4.21. The Morgan fingerprint density at radius 3 is 2.33 bits per heavy atom. The Kier molecular flexibility index (Phi) is 5.01. The number of rotatable bonds is 4. The Bertz CT molecular complexity index is 692. The summed E-state index contributed by atoms with van der Waals surface area (Å²) in [5, 5.41) is 2.92. The number of carbonyl (C=O) groups is 1. The molecule has 126 valence electrons. The second-order valence-electron chi connectivity index (χ2n) is 5.99. The molecule has 5 nitrogen and oxygen atoms in total. The van der Waals surface area contributed by atoms with Gasteiger partial charge >= 0.3 is 0 Å². The minimum absolute atomic E-state index is 0.167. The highest BCUT2D eigenvalue weighted by Gasteiger charge is 2.15. The maximum Gasteiger partial charge on any atom is 0.259 e. The van der Waals surface area contributed by atoms with Crippen molar-refractivity contribution in [2.75, 3.05) is 50.6 Å². The lowest BCUT2D eigenvalue weighted by Gasteiger charge is -2.34. The Balaban J connectivity index is 1.67. The van der Waals surface area contributed by atoms with Gasteiger partial charge in [0.1, 0.15) is 5.75 Å². The number of likely N-dealkylation sites (N-methyl/N-ethyl adjacent to an activating group) is 1. The van der Waals surface area contributed by atoms with E-state index in [1.807, 2.05) is 24.3 Å². The normalized spacial score (nSPS) is 15.2. The molecule has 0 spiro atoms. The molecular formula is C19H23N3O2. The lowest BCUT2D eigenvalue weighted by molar-refractivity contribution is 0.102. The molecule has 1 N–H and O–H groups in total. The SMILES string of the molecule is COc1ccccc1C(=O)Nc1ccc(N2CCN(C)CC2)cc1.